The van der Waals surface area contributed by atoms with Crippen molar-refractivity contribution in [3.63, 3.8) is 0 Å². The molecule has 4 nitrogen and oxygen atoms in total. The third-order valence-corrected chi connectivity index (χ3v) is 4.10. The molecular formula is C15H15N3OS. The Kier molecular flexibility index (Phi) is 3.60. The minimum Gasteiger partial charge on any atom is -0.441 e. The summed E-state index contributed by atoms with van der Waals surface area (Å²) in [5, 5.41) is 0.980. The Morgan fingerprint density at radius 2 is 2.05 bits per heavy atom. The average Bonchev–Trinajstić information content (AvgIpc) is 3.04. The molecule has 3 rings (SSSR count). The van der Waals surface area contributed by atoms with Crippen LogP contribution in [-0.4, -0.2) is 14.5 Å². The Morgan fingerprint density at radius 3 is 2.75 bits per heavy atom. The van der Waals surface area contributed by atoms with Gasteiger partial charge in [0.25, 0.3) is 0 Å². The van der Waals surface area contributed by atoms with Gasteiger partial charge in [-0.05, 0) is 19.1 Å². The number of imidazole rings is 1. The zero-order valence-electron chi connectivity index (χ0n) is 11.4. The van der Waals surface area contributed by atoms with Crippen molar-refractivity contribution >= 4 is 11.8 Å². The molecule has 102 valence electrons. The summed E-state index contributed by atoms with van der Waals surface area (Å²) in [6.07, 6.45) is 3.74. The van der Waals surface area contributed by atoms with E-state index < -0.39 is 0 Å². The van der Waals surface area contributed by atoms with Gasteiger partial charge in [0.15, 0.2) is 5.16 Å². The minimum absolute atomic E-state index is 0.679. The van der Waals surface area contributed by atoms with E-state index in [0.29, 0.717) is 5.89 Å². The topological polar surface area (TPSA) is 43.9 Å². The number of oxazole rings is 1. The smallest absolute Gasteiger partial charge is 0.226 e. The van der Waals surface area contributed by atoms with Crippen LogP contribution in [0.4, 0.5) is 0 Å². The molecule has 2 aromatic heterocycles. The van der Waals surface area contributed by atoms with Crippen LogP contribution in [0.15, 0.2) is 52.3 Å². The van der Waals surface area contributed by atoms with Crippen LogP contribution in [0.25, 0.3) is 11.5 Å². The molecule has 0 saturated carbocycles. The quantitative estimate of drug-likeness (QED) is 0.686. The van der Waals surface area contributed by atoms with Crippen molar-refractivity contribution in [2.75, 3.05) is 0 Å². The van der Waals surface area contributed by atoms with E-state index in [1.54, 1.807) is 18.0 Å². The van der Waals surface area contributed by atoms with Crippen molar-refractivity contribution in [1.29, 1.82) is 0 Å². The maximum absolute atomic E-state index is 5.75. The van der Waals surface area contributed by atoms with E-state index in [9.17, 15) is 0 Å². The molecule has 1 aromatic carbocycles. The Balaban J connectivity index is 1.78. The lowest BCUT2D eigenvalue weighted by molar-refractivity contribution is 0.540. The normalized spacial score (nSPS) is 10.9. The van der Waals surface area contributed by atoms with Crippen LogP contribution in [0.1, 0.15) is 11.5 Å². The Morgan fingerprint density at radius 1 is 1.25 bits per heavy atom. The predicted molar refractivity (Wildman–Crippen MR) is 79.4 cm³/mol. The van der Waals surface area contributed by atoms with Gasteiger partial charge < -0.3 is 8.98 Å². The number of benzene rings is 1. The maximum Gasteiger partial charge on any atom is 0.226 e. The highest BCUT2D eigenvalue weighted by molar-refractivity contribution is 7.98. The lowest BCUT2D eigenvalue weighted by atomic mass is 10.2. The summed E-state index contributed by atoms with van der Waals surface area (Å²) >= 11 is 1.66. The van der Waals surface area contributed by atoms with Gasteiger partial charge >= 0.3 is 0 Å². The molecule has 0 N–H and O–H groups in total. The number of rotatable bonds is 4. The summed E-state index contributed by atoms with van der Waals surface area (Å²) in [6.45, 7) is 1.95. The summed E-state index contributed by atoms with van der Waals surface area (Å²) in [7, 11) is 1.99. The van der Waals surface area contributed by atoms with Gasteiger partial charge in [-0.15, -0.1) is 0 Å². The molecule has 0 aliphatic heterocycles. The first-order chi connectivity index (χ1) is 9.74. The zero-order valence-corrected chi connectivity index (χ0v) is 12.2. The van der Waals surface area contributed by atoms with E-state index in [0.717, 1.165) is 27.9 Å². The molecule has 0 aliphatic carbocycles. The third-order valence-electron chi connectivity index (χ3n) is 3.03. The first-order valence-electron chi connectivity index (χ1n) is 6.36. The summed E-state index contributed by atoms with van der Waals surface area (Å²) in [6, 6.07) is 9.95. The van der Waals surface area contributed by atoms with Gasteiger partial charge in [0.05, 0.1) is 5.69 Å². The van der Waals surface area contributed by atoms with E-state index in [2.05, 4.69) is 9.97 Å². The number of hydrogen-bond donors (Lipinski definition) is 0. The van der Waals surface area contributed by atoms with Crippen LogP contribution >= 0.6 is 11.8 Å². The second-order valence-electron chi connectivity index (χ2n) is 4.50. The number of thioether (sulfide) groups is 1. The molecule has 0 unspecified atom stereocenters. The fourth-order valence-corrected chi connectivity index (χ4v) is 2.82. The molecule has 0 atom stereocenters. The number of hydrogen-bond acceptors (Lipinski definition) is 4. The Labute approximate surface area is 121 Å². The van der Waals surface area contributed by atoms with Crippen molar-refractivity contribution in [3.05, 3.63) is 54.2 Å². The Hall–Kier alpha value is -2.01. The molecule has 20 heavy (non-hydrogen) atoms. The van der Waals surface area contributed by atoms with Crippen LogP contribution in [0, 0.1) is 6.92 Å². The highest BCUT2D eigenvalue weighted by Gasteiger charge is 2.12. The van der Waals surface area contributed by atoms with E-state index in [-0.39, 0.29) is 0 Å². The van der Waals surface area contributed by atoms with Crippen molar-refractivity contribution in [3.8, 4) is 11.5 Å². The van der Waals surface area contributed by atoms with Crippen LogP contribution in [0.3, 0.4) is 0 Å². The molecular weight excluding hydrogens is 270 g/mol. The monoisotopic (exact) mass is 285 g/mol. The fourth-order valence-electron chi connectivity index (χ4n) is 1.89. The van der Waals surface area contributed by atoms with Gasteiger partial charge in [0.1, 0.15) is 5.76 Å². The van der Waals surface area contributed by atoms with E-state index in [4.69, 9.17) is 4.42 Å². The van der Waals surface area contributed by atoms with Crippen molar-refractivity contribution in [2.24, 2.45) is 7.05 Å². The number of aromatic nitrogens is 3. The van der Waals surface area contributed by atoms with Gasteiger partial charge in [-0.3, -0.25) is 0 Å². The highest BCUT2D eigenvalue weighted by Crippen LogP contribution is 2.26. The molecule has 0 aliphatic rings. The molecule has 0 fully saturated rings. The molecule has 0 spiro atoms. The number of nitrogens with zero attached hydrogens (tertiary/aromatic N) is 3. The van der Waals surface area contributed by atoms with Gasteiger partial charge in [-0.25, -0.2) is 9.97 Å². The first-order valence-corrected chi connectivity index (χ1v) is 7.34. The lowest BCUT2D eigenvalue weighted by Crippen LogP contribution is -1.91. The van der Waals surface area contributed by atoms with Crippen LogP contribution in [0.5, 0.6) is 0 Å². The maximum atomic E-state index is 5.75. The second kappa shape index (κ2) is 5.54. The van der Waals surface area contributed by atoms with E-state index in [1.807, 2.05) is 55.1 Å². The molecule has 5 heteroatoms. The molecule has 0 radical (unpaired) electrons. The standard InChI is InChI=1S/C15H15N3OS/c1-11-13(10-20-15-16-8-9-18(15)2)17-14(19-11)12-6-4-3-5-7-12/h3-9H,10H2,1-2H3. The SMILES string of the molecule is Cc1oc(-c2ccccc2)nc1CSc1nccn1C. The first kappa shape index (κ1) is 13.0. The summed E-state index contributed by atoms with van der Waals surface area (Å²) in [4.78, 5) is 8.88. The highest BCUT2D eigenvalue weighted by atomic mass is 32.2. The molecule has 0 bridgehead atoms. The molecule has 0 amide bonds. The molecule has 3 aromatic rings. The summed E-state index contributed by atoms with van der Waals surface area (Å²) < 4.78 is 7.75. The second-order valence-corrected chi connectivity index (χ2v) is 5.44. The lowest BCUT2D eigenvalue weighted by Gasteiger charge is -1.99. The van der Waals surface area contributed by atoms with Gasteiger partial charge in [0.2, 0.25) is 5.89 Å². The predicted octanol–water partition coefficient (Wildman–Crippen LogP) is 3.68. The van der Waals surface area contributed by atoms with Gasteiger partial charge in [-0.2, -0.15) is 0 Å². The zero-order chi connectivity index (χ0) is 13.9. The van der Waals surface area contributed by atoms with Crippen molar-refractivity contribution in [2.45, 2.75) is 17.8 Å². The molecule has 0 saturated heterocycles. The van der Waals surface area contributed by atoms with Crippen molar-refractivity contribution in [1.82, 2.24) is 14.5 Å². The summed E-state index contributed by atoms with van der Waals surface area (Å²) in [5.74, 6) is 2.30. The fraction of sp³-hybridized carbons (Fsp3) is 0.200. The van der Waals surface area contributed by atoms with Crippen LogP contribution in [-0.2, 0) is 12.8 Å². The number of aryl methyl sites for hydroxylation is 2. The van der Waals surface area contributed by atoms with E-state index in [1.165, 1.54) is 0 Å². The van der Waals surface area contributed by atoms with Gasteiger partial charge in [-0.1, -0.05) is 30.0 Å². The van der Waals surface area contributed by atoms with Crippen LogP contribution in [0.2, 0.25) is 0 Å². The summed E-state index contributed by atoms with van der Waals surface area (Å²) in [5.41, 5.74) is 1.97. The van der Waals surface area contributed by atoms with E-state index >= 15 is 0 Å². The average molecular weight is 285 g/mol. The molecule has 2 heterocycles. The van der Waals surface area contributed by atoms with Crippen molar-refractivity contribution < 1.29 is 4.42 Å². The Bertz CT molecular complexity index is 703. The van der Waals surface area contributed by atoms with Crippen LogP contribution < -0.4 is 0 Å². The minimum atomic E-state index is 0.679. The largest absolute Gasteiger partial charge is 0.441 e. The third kappa shape index (κ3) is 2.63. The van der Waals surface area contributed by atoms with Gasteiger partial charge in [0, 0.05) is 30.8 Å².